The van der Waals surface area contributed by atoms with E-state index in [1.165, 1.54) is 4.31 Å². The van der Waals surface area contributed by atoms with E-state index in [2.05, 4.69) is 26.1 Å². The standard InChI is InChI=1S/C14H31N3O2S/c1-14(2,3)13-7-11-17(12-8-13)20(18,19)16(5)10-6-9-15-4/h13,15H,6-12H2,1-5H3. The van der Waals surface area contributed by atoms with Crippen molar-refractivity contribution in [2.24, 2.45) is 11.3 Å². The van der Waals surface area contributed by atoms with Gasteiger partial charge < -0.3 is 5.32 Å². The Morgan fingerprint density at radius 3 is 2.25 bits per heavy atom. The molecule has 120 valence electrons. The molecule has 20 heavy (non-hydrogen) atoms. The molecule has 1 fully saturated rings. The van der Waals surface area contributed by atoms with Crippen LogP contribution in [0.2, 0.25) is 0 Å². The highest BCUT2D eigenvalue weighted by Gasteiger charge is 2.34. The molecule has 1 heterocycles. The lowest BCUT2D eigenvalue weighted by atomic mass is 9.76. The first-order valence-electron chi connectivity index (χ1n) is 7.55. The molecule has 0 bridgehead atoms. The van der Waals surface area contributed by atoms with E-state index >= 15 is 0 Å². The SMILES string of the molecule is CNCCCN(C)S(=O)(=O)N1CCC(C(C)(C)C)CC1. The third-order valence-corrected chi connectivity index (χ3v) is 6.29. The molecule has 1 N–H and O–H groups in total. The van der Waals surface area contributed by atoms with Gasteiger partial charge in [0.2, 0.25) is 0 Å². The summed E-state index contributed by atoms with van der Waals surface area (Å²) in [5.74, 6) is 0.614. The Bertz CT molecular complexity index is 382. The molecular formula is C14H31N3O2S. The fourth-order valence-electron chi connectivity index (χ4n) is 2.74. The van der Waals surface area contributed by atoms with Gasteiger partial charge in [-0.05, 0) is 44.2 Å². The van der Waals surface area contributed by atoms with E-state index in [0.29, 0.717) is 25.6 Å². The van der Waals surface area contributed by atoms with Crippen molar-refractivity contribution in [1.82, 2.24) is 13.9 Å². The predicted octanol–water partition coefficient (Wildman–Crippen LogP) is 1.53. The average molecular weight is 305 g/mol. The number of nitrogens with zero attached hydrogens (tertiary/aromatic N) is 2. The molecule has 1 saturated heterocycles. The highest BCUT2D eigenvalue weighted by molar-refractivity contribution is 7.86. The van der Waals surface area contributed by atoms with Crippen LogP contribution in [0.4, 0.5) is 0 Å². The molecule has 6 heteroatoms. The number of piperidine rings is 1. The van der Waals surface area contributed by atoms with Crippen LogP contribution in [0.1, 0.15) is 40.0 Å². The second-order valence-corrected chi connectivity index (χ2v) is 8.86. The van der Waals surface area contributed by atoms with Crippen LogP contribution in [0.3, 0.4) is 0 Å². The monoisotopic (exact) mass is 305 g/mol. The van der Waals surface area contributed by atoms with Crippen LogP contribution in [-0.4, -0.2) is 57.3 Å². The van der Waals surface area contributed by atoms with E-state index < -0.39 is 10.2 Å². The van der Waals surface area contributed by atoms with Crippen LogP contribution in [0.15, 0.2) is 0 Å². The molecule has 5 nitrogen and oxygen atoms in total. The van der Waals surface area contributed by atoms with Gasteiger partial charge in [-0.25, -0.2) is 0 Å². The number of hydrogen-bond acceptors (Lipinski definition) is 3. The quantitative estimate of drug-likeness (QED) is 0.757. The van der Waals surface area contributed by atoms with Gasteiger partial charge in [-0.15, -0.1) is 0 Å². The van der Waals surface area contributed by atoms with Crippen molar-refractivity contribution in [3.8, 4) is 0 Å². The first kappa shape index (κ1) is 17.9. The lowest BCUT2D eigenvalue weighted by Gasteiger charge is -2.39. The Morgan fingerprint density at radius 1 is 1.25 bits per heavy atom. The van der Waals surface area contributed by atoms with E-state index in [4.69, 9.17) is 0 Å². The van der Waals surface area contributed by atoms with Crippen molar-refractivity contribution in [1.29, 1.82) is 0 Å². The molecule has 0 saturated carbocycles. The Balaban J connectivity index is 2.54. The van der Waals surface area contributed by atoms with E-state index in [1.807, 2.05) is 7.05 Å². The van der Waals surface area contributed by atoms with Crippen molar-refractivity contribution in [2.45, 2.75) is 40.0 Å². The zero-order valence-electron chi connectivity index (χ0n) is 13.6. The van der Waals surface area contributed by atoms with Gasteiger partial charge in [0.05, 0.1) is 0 Å². The van der Waals surface area contributed by atoms with Crippen LogP contribution in [0.25, 0.3) is 0 Å². The summed E-state index contributed by atoms with van der Waals surface area (Å²) in [6, 6.07) is 0. The average Bonchev–Trinajstić information content (AvgIpc) is 2.38. The number of nitrogens with one attached hydrogen (secondary N) is 1. The van der Waals surface area contributed by atoms with Gasteiger partial charge in [-0.2, -0.15) is 17.0 Å². The maximum atomic E-state index is 12.5. The van der Waals surface area contributed by atoms with Crippen LogP contribution in [-0.2, 0) is 10.2 Å². The van der Waals surface area contributed by atoms with Crippen molar-refractivity contribution in [2.75, 3.05) is 40.3 Å². The Kier molecular flexibility index (Phi) is 6.44. The van der Waals surface area contributed by atoms with E-state index in [-0.39, 0.29) is 5.41 Å². The molecule has 0 aromatic rings. The van der Waals surface area contributed by atoms with E-state index in [1.54, 1.807) is 11.4 Å². The molecule has 1 aliphatic heterocycles. The molecule has 0 aromatic carbocycles. The van der Waals surface area contributed by atoms with Crippen LogP contribution in [0.5, 0.6) is 0 Å². The molecule has 0 aliphatic carbocycles. The number of rotatable bonds is 6. The molecule has 0 unspecified atom stereocenters. The summed E-state index contributed by atoms with van der Waals surface area (Å²) in [7, 11) is 0.290. The summed E-state index contributed by atoms with van der Waals surface area (Å²) in [6.07, 6.45) is 2.77. The van der Waals surface area contributed by atoms with Crippen molar-refractivity contribution in [3.63, 3.8) is 0 Å². The summed E-state index contributed by atoms with van der Waals surface area (Å²) < 4.78 is 28.1. The molecule has 0 spiro atoms. The second kappa shape index (κ2) is 7.20. The van der Waals surface area contributed by atoms with Crippen LogP contribution >= 0.6 is 0 Å². The lowest BCUT2D eigenvalue weighted by molar-refractivity contribution is 0.150. The third-order valence-electron chi connectivity index (χ3n) is 4.30. The molecule has 0 atom stereocenters. The topological polar surface area (TPSA) is 52.7 Å². The zero-order chi connectivity index (χ0) is 15.4. The van der Waals surface area contributed by atoms with Gasteiger partial charge in [0.1, 0.15) is 0 Å². The van der Waals surface area contributed by atoms with Crippen molar-refractivity contribution in [3.05, 3.63) is 0 Å². The minimum Gasteiger partial charge on any atom is -0.320 e. The van der Waals surface area contributed by atoms with Crippen molar-refractivity contribution >= 4 is 10.2 Å². The van der Waals surface area contributed by atoms with Gasteiger partial charge in [-0.1, -0.05) is 20.8 Å². The van der Waals surface area contributed by atoms with Crippen LogP contribution < -0.4 is 5.32 Å². The normalized spacial score (nSPS) is 19.7. The fraction of sp³-hybridized carbons (Fsp3) is 1.00. The van der Waals surface area contributed by atoms with Gasteiger partial charge in [0.15, 0.2) is 0 Å². The summed E-state index contributed by atoms with van der Waals surface area (Å²) >= 11 is 0. The Morgan fingerprint density at radius 2 is 1.80 bits per heavy atom. The molecule has 1 rings (SSSR count). The largest absolute Gasteiger partial charge is 0.320 e. The van der Waals surface area contributed by atoms with Gasteiger partial charge in [-0.3, -0.25) is 0 Å². The Labute approximate surface area is 124 Å². The maximum Gasteiger partial charge on any atom is 0.281 e. The lowest BCUT2D eigenvalue weighted by Crippen LogP contribution is -2.47. The highest BCUT2D eigenvalue weighted by Crippen LogP contribution is 2.35. The molecule has 0 radical (unpaired) electrons. The van der Waals surface area contributed by atoms with Gasteiger partial charge in [0, 0.05) is 26.7 Å². The second-order valence-electron chi connectivity index (χ2n) is 6.83. The summed E-state index contributed by atoms with van der Waals surface area (Å²) in [5, 5.41) is 3.04. The summed E-state index contributed by atoms with van der Waals surface area (Å²) in [5.41, 5.74) is 0.272. The van der Waals surface area contributed by atoms with Gasteiger partial charge >= 0.3 is 0 Å². The first-order chi connectivity index (χ1) is 9.19. The fourth-order valence-corrected chi connectivity index (χ4v) is 4.17. The van der Waals surface area contributed by atoms with Gasteiger partial charge in [0.25, 0.3) is 10.2 Å². The highest BCUT2D eigenvalue weighted by atomic mass is 32.2. The molecular weight excluding hydrogens is 274 g/mol. The minimum atomic E-state index is -3.27. The molecule has 0 amide bonds. The zero-order valence-corrected chi connectivity index (χ0v) is 14.5. The van der Waals surface area contributed by atoms with E-state index in [0.717, 1.165) is 25.8 Å². The van der Waals surface area contributed by atoms with E-state index in [9.17, 15) is 8.42 Å². The molecule has 0 aromatic heterocycles. The summed E-state index contributed by atoms with van der Waals surface area (Å²) in [6.45, 7) is 9.44. The van der Waals surface area contributed by atoms with Crippen molar-refractivity contribution < 1.29 is 8.42 Å². The third kappa shape index (κ3) is 4.69. The number of hydrogen-bond donors (Lipinski definition) is 1. The Hall–Kier alpha value is -0.170. The predicted molar refractivity (Wildman–Crippen MR) is 83.8 cm³/mol. The van der Waals surface area contributed by atoms with Crippen LogP contribution in [0, 0.1) is 11.3 Å². The summed E-state index contributed by atoms with van der Waals surface area (Å²) in [4.78, 5) is 0. The maximum absolute atomic E-state index is 12.5. The molecule has 1 aliphatic rings. The minimum absolute atomic E-state index is 0.272. The smallest absolute Gasteiger partial charge is 0.281 e. The first-order valence-corrected chi connectivity index (χ1v) is 8.95.